The summed E-state index contributed by atoms with van der Waals surface area (Å²) in [6.45, 7) is 3.79. The molecule has 0 radical (unpaired) electrons. The van der Waals surface area contributed by atoms with Gasteiger partial charge in [-0.25, -0.2) is 14.8 Å². The molecule has 0 aliphatic carbocycles. The Morgan fingerprint density at radius 3 is 2.39 bits per heavy atom. The monoisotopic (exact) mass is 528 g/mol. The van der Waals surface area contributed by atoms with E-state index in [-0.39, 0.29) is 16.4 Å². The minimum atomic E-state index is -1.19. The van der Waals surface area contributed by atoms with Gasteiger partial charge in [-0.05, 0) is 43.7 Å². The van der Waals surface area contributed by atoms with Crippen LogP contribution in [0.3, 0.4) is 0 Å². The highest BCUT2D eigenvalue weighted by Crippen LogP contribution is 2.30. The van der Waals surface area contributed by atoms with Crippen LogP contribution in [-0.2, 0) is 14.1 Å². The minimum Gasteiger partial charge on any atom is -0.476 e. The summed E-state index contributed by atoms with van der Waals surface area (Å²) >= 11 is 5.91. The fourth-order valence-electron chi connectivity index (χ4n) is 4.53. The van der Waals surface area contributed by atoms with Crippen LogP contribution in [0, 0.1) is 6.92 Å². The first-order valence-electron chi connectivity index (χ1n) is 11.9. The van der Waals surface area contributed by atoms with Gasteiger partial charge in [0, 0.05) is 37.0 Å². The SMILES string of the molecule is Cc1cc([C@@H](C)Nc2ccc(Cl)nc2C(=O)O)c2nc(-c3ccc(-c4ccn(C)n4)cc3)n(C)c(=O)c2c1. The van der Waals surface area contributed by atoms with E-state index in [1.165, 1.54) is 6.07 Å². The summed E-state index contributed by atoms with van der Waals surface area (Å²) in [6, 6.07) is 16.2. The molecule has 5 rings (SSSR count). The van der Waals surface area contributed by atoms with Crippen LogP contribution >= 0.6 is 11.6 Å². The molecular weight excluding hydrogens is 504 g/mol. The lowest BCUT2D eigenvalue weighted by molar-refractivity contribution is 0.0691. The molecule has 0 aliphatic rings. The van der Waals surface area contributed by atoms with Crippen LogP contribution in [-0.4, -0.2) is 35.4 Å². The zero-order valence-corrected chi connectivity index (χ0v) is 22.0. The average molecular weight is 529 g/mol. The number of nitrogens with one attached hydrogen (secondary N) is 1. The molecule has 1 atom stereocenters. The maximum Gasteiger partial charge on any atom is 0.356 e. The van der Waals surface area contributed by atoms with Gasteiger partial charge >= 0.3 is 5.97 Å². The number of anilines is 1. The number of hydrogen-bond donors (Lipinski definition) is 2. The Hall–Kier alpha value is -4.50. The van der Waals surface area contributed by atoms with E-state index >= 15 is 0 Å². The molecule has 38 heavy (non-hydrogen) atoms. The Balaban J connectivity index is 1.60. The molecule has 0 unspecified atom stereocenters. The second kappa shape index (κ2) is 9.75. The number of carboxylic acid groups (broad SMARTS) is 1. The lowest BCUT2D eigenvalue weighted by Gasteiger charge is -2.20. The zero-order chi connectivity index (χ0) is 27.1. The third-order valence-electron chi connectivity index (χ3n) is 6.41. The number of fused-ring (bicyclic) bond motifs is 1. The summed E-state index contributed by atoms with van der Waals surface area (Å²) in [5, 5.41) is 17.8. The van der Waals surface area contributed by atoms with Gasteiger partial charge in [0.2, 0.25) is 0 Å². The second-order valence-corrected chi connectivity index (χ2v) is 9.59. The van der Waals surface area contributed by atoms with Crippen LogP contribution in [0.4, 0.5) is 5.69 Å². The quantitative estimate of drug-likeness (QED) is 0.290. The molecular formula is C28H25ClN6O3. The first-order valence-corrected chi connectivity index (χ1v) is 12.3. The molecule has 0 saturated heterocycles. The van der Waals surface area contributed by atoms with E-state index in [0.717, 1.165) is 27.9 Å². The van der Waals surface area contributed by atoms with Gasteiger partial charge in [-0.2, -0.15) is 5.10 Å². The van der Waals surface area contributed by atoms with Crippen LogP contribution < -0.4 is 10.9 Å². The molecule has 0 fully saturated rings. The number of rotatable bonds is 6. The molecule has 10 heteroatoms. The maximum atomic E-state index is 13.5. The van der Waals surface area contributed by atoms with E-state index in [2.05, 4.69) is 15.4 Å². The number of pyridine rings is 1. The first-order chi connectivity index (χ1) is 18.1. The molecule has 192 valence electrons. The van der Waals surface area contributed by atoms with Crippen molar-refractivity contribution in [2.75, 3.05) is 5.32 Å². The zero-order valence-electron chi connectivity index (χ0n) is 21.2. The minimum absolute atomic E-state index is 0.0884. The van der Waals surface area contributed by atoms with E-state index in [0.29, 0.717) is 22.4 Å². The molecule has 0 amide bonds. The van der Waals surface area contributed by atoms with Crippen molar-refractivity contribution in [2.45, 2.75) is 19.9 Å². The molecule has 5 aromatic rings. The van der Waals surface area contributed by atoms with Crippen LogP contribution in [0.2, 0.25) is 5.15 Å². The third-order valence-corrected chi connectivity index (χ3v) is 6.62. The Bertz CT molecular complexity index is 1760. The number of carboxylic acids is 1. The molecule has 0 saturated carbocycles. The predicted octanol–water partition coefficient (Wildman–Crippen LogP) is 5.23. The van der Waals surface area contributed by atoms with Crippen molar-refractivity contribution in [1.82, 2.24) is 24.3 Å². The van der Waals surface area contributed by atoms with Crippen molar-refractivity contribution < 1.29 is 9.90 Å². The highest BCUT2D eigenvalue weighted by atomic mass is 35.5. The highest BCUT2D eigenvalue weighted by molar-refractivity contribution is 6.29. The number of aromatic nitrogens is 5. The van der Waals surface area contributed by atoms with Gasteiger partial charge in [-0.1, -0.05) is 41.9 Å². The Kier molecular flexibility index (Phi) is 6.46. The van der Waals surface area contributed by atoms with Crippen LogP contribution in [0.1, 0.15) is 34.6 Å². The van der Waals surface area contributed by atoms with Crippen molar-refractivity contribution in [3.63, 3.8) is 0 Å². The number of aryl methyl sites for hydroxylation is 2. The smallest absolute Gasteiger partial charge is 0.356 e. The lowest BCUT2D eigenvalue weighted by Crippen LogP contribution is -2.22. The normalized spacial score (nSPS) is 12.0. The molecule has 2 N–H and O–H groups in total. The molecule has 2 aromatic carbocycles. The molecule has 3 heterocycles. The predicted molar refractivity (Wildman–Crippen MR) is 148 cm³/mol. The Morgan fingerprint density at radius 1 is 1.03 bits per heavy atom. The molecule has 3 aromatic heterocycles. The van der Waals surface area contributed by atoms with Gasteiger partial charge in [-0.15, -0.1) is 0 Å². The van der Waals surface area contributed by atoms with Gasteiger partial charge in [0.05, 0.1) is 28.3 Å². The summed E-state index contributed by atoms with van der Waals surface area (Å²) in [5.74, 6) is -0.675. The number of aromatic carboxylic acids is 1. The van der Waals surface area contributed by atoms with Gasteiger partial charge in [0.1, 0.15) is 11.0 Å². The van der Waals surface area contributed by atoms with Gasteiger partial charge < -0.3 is 10.4 Å². The number of nitrogens with zero attached hydrogens (tertiary/aromatic N) is 5. The molecule has 9 nitrogen and oxygen atoms in total. The van der Waals surface area contributed by atoms with Crippen molar-refractivity contribution in [1.29, 1.82) is 0 Å². The average Bonchev–Trinajstić information content (AvgIpc) is 3.33. The molecule has 0 spiro atoms. The number of halogens is 1. The summed E-state index contributed by atoms with van der Waals surface area (Å²) in [4.78, 5) is 34.1. The van der Waals surface area contributed by atoms with E-state index < -0.39 is 12.0 Å². The van der Waals surface area contributed by atoms with Crippen molar-refractivity contribution >= 4 is 34.2 Å². The number of hydrogen-bond acceptors (Lipinski definition) is 6. The lowest BCUT2D eigenvalue weighted by atomic mass is 10.0. The van der Waals surface area contributed by atoms with Gasteiger partial charge in [0.25, 0.3) is 5.56 Å². The fourth-order valence-corrected chi connectivity index (χ4v) is 4.67. The Morgan fingerprint density at radius 2 is 1.74 bits per heavy atom. The van der Waals surface area contributed by atoms with Crippen molar-refractivity contribution in [3.8, 4) is 22.6 Å². The van der Waals surface area contributed by atoms with Gasteiger partial charge in [0.15, 0.2) is 5.69 Å². The molecule has 0 aliphatic heterocycles. The fraction of sp³-hybridized carbons (Fsp3) is 0.179. The van der Waals surface area contributed by atoms with Crippen molar-refractivity contribution in [3.05, 3.63) is 93.1 Å². The molecule has 0 bridgehead atoms. The van der Waals surface area contributed by atoms with Crippen LogP contribution in [0.25, 0.3) is 33.5 Å². The van der Waals surface area contributed by atoms with E-state index in [4.69, 9.17) is 16.6 Å². The third kappa shape index (κ3) is 4.64. The van der Waals surface area contributed by atoms with Crippen LogP contribution in [0.15, 0.2) is 65.6 Å². The largest absolute Gasteiger partial charge is 0.476 e. The summed E-state index contributed by atoms with van der Waals surface area (Å²) in [5.41, 5.74) is 4.76. The number of benzene rings is 2. The summed E-state index contributed by atoms with van der Waals surface area (Å²) in [6.07, 6.45) is 1.88. The highest BCUT2D eigenvalue weighted by Gasteiger charge is 2.20. The standard InChI is InChI=1S/C28H25ClN6O3/c1-15-13-19(16(2)30-22-9-10-23(29)31-25(22)28(37)38)24-20(14-15)27(36)35(4)26(32-24)18-7-5-17(6-8-18)21-11-12-34(3)33-21/h5-14,16,30H,1-4H3,(H,37,38)/t16-/m1/s1. The van der Waals surface area contributed by atoms with Crippen molar-refractivity contribution in [2.24, 2.45) is 14.1 Å². The topological polar surface area (TPSA) is 115 Å². The number of carbonyl (C=O) groups is 1. The van der Waals surface area contributed by atoms with E-state index in [9.17, 15) is 14.7 Å². The van der Waals surface area contributed by atoms with E-state index in [1.807, 2.05) is 69.6 Å². The summed E-state index contributed by atoms with van der Waals surface area (Å²) < 4.78 is 3.29. The van der Waals surface area contributed by atoms with Gasteiger partial charge in [-0.3, -0.25) is 14.0 Å². The maximum absolute atomic E-state index is 13.5. The first kappa shape index (κ1) is 25.2. The van der Waals surface area contributed by atoms with E-state index in [1.54, 1.807) is 22.4 Å². The Labute approximate surface area is 223 Å². The second-order valence-electron chi connectivity index (χ2n) is 9.20. The van der Waals surface area contributed by atoms with Crippen LogP contribution in [0.5, 0.6) is 0 Å². The summed E-state index contributed by atoms with van der Waals surface area (Å²) in [7, 11) is 3.58.